The number of unbranched alkanes of at least 4 members (excludes halogenated alkanes) is 1. The van der Waals surface area contributed by atoms with Crippen LogP contribution < -0.4 is 5.32 Å². The smallest absolute Gasteiger partial charge is 0.407 e. The van der Waals surface area contributed by atoms with E-state index in [9.17, 15) is 14.4 Å². The molecule has 1 aliphatic rings. The molecule has 1 aliphatic carbocycles. The first-order valence-electron chi connectivity index (χ1n) is 11.8. The fraction of sp³-hybridized carbons (Fsp3) is 0.407. The number of ether oxygens (including phenoxy) is 1. The van der Waals surface area contributed by atoms with Crippen molar-refractivity contribution in [3.63, 3.8) is 0 Å². The van der Waals surface area contributed by atoms with Gasteiger partial charge < -0.3 is 20.1 Å². The number of nitrogens with one attached hydrogen (secondary N) is 1. The zero-order valence-corrected chi connectivity index (χ0v) is 20.1. The van der Waals surface area contributed by atoms with E-state index in [-0.39, 0.29) is 50.3 Å². The molecule has 2 N–H and O–H groups in total. The van der Waals surface area contributed by atoms with Gasteiger partial charge in [0.15, 0.2) is 0 Å². The second kappa shape index (κ2) is 12.0. The van der Waals surface area contributed by atoms with Crippen molar-refractivity contribution in [2.24, 2.45) is 0 Å². The molecule has 0 fully saturated rings. The summed E-state index contributed by atoms with van der Waals surface area (Å²) in [6, 6.07) is 16.9. The van der Waals surface area contributed by atoms with Gasteiger partial charge in [0.05, 0.1) is 12.5 Å². The molecule has 0 spiro atoms. The summed E-state index contributed by atoms with van der Waals surface area (Å²) in [5.41, 5.74) is 4.41. The van der Waals surface area contributed by atoms with E-state index >= 15 is 0 Å². The number of hydrogen-bond donors (Lipinski definition) is 2. The summed E-state index contributed by atoms with van der Waals surface area (Å²) in [6.45, 7) is 3.73. The molecule has 2 aromatic rings. The number of nitriles is 1. The second-order valence-electron chi connectivity index (χ2n) is 8.84. The van der Waals surface area contributed by atoms with Crippen molar-refractivity contribution in [2.75, 3.05) is 13.2 Å². The van der Waals surface area contributed by atoms with E-state index in [1.54, 1.807) is 13.8 Å². The number of alkyl carbamates (subject to hydrolysis) is 1. The predicted octanol–water partition coefficient (Wildman–Crippen LogP) is 4.30. The van der Waals surface area contributed by atoms with Crippen molar-refractivity contribution in [1.82, 2.24) is 10.2 Å². The van der Waals surface area contributed by atoms with Crippen LogP contribution in [0.3, 0.4) is 0 Å². The average Bonchev–Trinajstić information content (AvgIpc) is 3.15. The molecular formula is C27H31N3O5. The molecular weight excluding hydrogens is 446 g/mol. The first kappa shape index (κ1) is 25.8. The Morgan fingerprint density at radius 2 is 1.69 bits per heavy atom. The Hall–Kier alpha value is -3.86. The molecule has 3 rings (SSSR count). The second-order valence-corrected chi connectivity index (χ2v) is 8.84. The zero-order chi connectivity index (χ0) is 25.4. The van der Waals surface area contributed by atoms with E-state index in [1.165, 1.54) is 4.90 Å². The van der Waals surface area contributed by atoms with Crippen LogP contribution in [0.25, 0.3) is 11.1 Å². The third kappa shape index (κ3) is 6.38. The predicted molar refractivity (Wildman–Crippen MR) is 131 cm³/mol. The Labute approximate surface area is 205 Å². The molecule has 0 radical (unpaired) electrons. The molecule has 8 heteroatoms. The molecule has 0 bridgehead atoms. The molecule has 1 unspecified atom stereocenters. The van der Waals surface area contributed by atoms with Crippen LogP contribution in [0.4, 0.5) is 4.79 Å². The monoisotopic (exact) mass is 477 g/mol. The summed E-state index contributed by atoms with van der Waals surface area (Å²) in [5, 5.41) is 20.6. The van der Waals surface area contributed by atoms with Crippen LogP contribution in [-0.2, 0) is 14.3 Å². The lowest BCUT2D eigenvalue weighted by Crippen LogP contribution is -2.51. The van der Waals surface area contributed by atoms with Gasteiger partial charge >= 0.3 is 12.1 Å². The van der Waals surface area contributed by atoms with Crippen molar-refractivity contribution in [1.29, 1.82) is 5.26 Å². The largest absolute Gasteiger partial charge is 0.481 e. The average molecular weight is 478 g/mol. The number of amides is 2. The van der Waals surface area contributed by atoms with Gasteiger partial charge in [-0.1, -0.05) is 48.5 Å². The minimum absolute atomic E-state index is 0.0347. The Morgan fingerprint density at radius 3 is 2.23 bits per heavy atom. The van der Waals surface area contributed by atoms with Crippen molar-refractivity contribution in [3.8, 4) is 17.2 Å². The van der Waals surface area contributed by atoms with E-state index in [0.717, 1.165) is 22.3 Å². The highest BCUT2D eigenvalue weighted by Crippen LogP contribution is 2.44. The number of carbonyl (C=O) groups is 3. The number of benzene rings is 2. The third-order valence-electron chi connectivity index (χ3n) is 6.19. The van der Waals surface area contributed by atoms with Gasteiger partial charge in [0, 0.05) is 24.9 Å². The summed E-state index contributed by atoms with van der Waals surface area (Å²) < 4.78 is 5.59. The highest BCUT2D eigenvalue weighted by atomic mass is 16.5. The van der Waals surface area contributed by atoms with Crippen molar-refractivity contribution in [3.05, 3.63) is 59.7 Å². The van der Waals surface area contributed by atoms with Gasteiger partial charge in [-0.05, 0) is 48.9 Å². The fourth-order valence-electron chi connectivity index (χ4n) is 4.46. The molecule has 2 amide bonds. The number of aliphatic carboxylic acids is 1. The van der Waals surface area contributed by atoms with E-state index < -0.39 is 18.1 Å². The number of carboxylic acids is 1. The summed E-state index contributed by atoms with van der Waals surface area (Å²) in [5.74, 6) is -1.50. The summed E-state index contributed by atoms with van der Waals surface area (Å²) >= 11 is 0. The molecule has 0 saturated heterocycles. The number of rotatable bonds is 11. The molecule has 184 valence electrons. The lowest BCUT2D eigenvalue weighted by Gasteiger charge is -2.30. The van der Waals surface area contributed by atoms with Gasteiger partial charge in [-0.15, -0.1) is 0 Å². The molecule has 0 saturated carbocycles. The molecule has 1 atom stereocenters. The van der Waals surface area contributed by atoms with E-state index in [4.69, 9.17) is 15.1 Å². The highest BCUT2D eigenvalue weighted by Gasteiger charge is 2.31. The zero-order valence-electron chi connectivity index (χ0n) is 20.1. The molecule has 0 aromatic heterocycles. The number of fused-ring (bicyclic) bond motifs is 3. The van der Waals surface area contributed by atoms with Crippen LogP contribution in [0, 0.1) is 11.3 Å². The van der Waals surface area contributed by atoms with Crippen molar-refractivity contribution in [2.45, 2.75) is 57.5 Å². The number of carboxylic acid groups (broad SMARTS) is 1. The Kier molecular flexibility index (Phi) is 8.85. The van der Waals surface area contributed by atoms with E-state index in [0.29, 0.717) is 6.42 Å². The standard InChI is InChI=1S/C27H31N3O5/c1-18(2)30(16-14-25(31)32)26(33)24(13-7-8-15-28)29-27(34)35-17-23-21-11-5-3-9-19(21)20-10-4-6-12-22(20)23/h3-6,9-12,18,23-24H,7-8,13-14,16-17H2,1-2H3,(H,29,34)(H,31,32). The van der Waals surface area contributed by atoms with Crippen LogP contribution in [0.2, 0.25) is 0 Å². The molecule has 0 aliphatic heterocycles. The molecule has 35 heavy (non-hydrogen) atoms. The van der Waals surface area contributed by atoms with Crippen molar-refractivity contribution >= 4 is 18.0 Å². The van der Waals surface area contributed by atoms with E-state index in [2.05, 4.69) is 17.4 Å². The van der Waals surface area contributed by atoms with Gasteiger partial charge in [0.1, 0.15) is 12.6 Å². The van der Waals surface area contributed by atoms with Crippen LogP contribution in [0.15, 0.2) is 48.5 Å². The molecule has 8 nitrogen and oxygen atoms in total. The van der Waals surface area contributed by atoms with Gasteiger partial charge in [0.2, 0.25) is 5.91 Å². The van der Waals surface area contributed by atoms with Gasteiger partial charge in [-0.3, -0.25) is 9.59 Å². The maximum atomic E-state index is 13.2. The fourth-order valence-corrected chi connectivity index (χ4v) is 4.46. The Balaban J connectivity index is 1.69. The number of carbonyl (C=O) groups excluding carboxylic acids is 2. The minimum Gasteiger partial charge on any atom is -0.481 e. The van der Waals surface area contributed by atoms with Crippen LogP contribution in [0.1, 0.15) is 56.6 Å². The van der Waals surface area contributed by atoms with Gasteiger partial charge in [-0.25, -0.2) is 4.79 Å². The van der Waals surface area contributed by atoms with E-state index in [1.807, 2.05) is 42.5 Å². The normalized spacial score (nSPS) is 12.9. The quantitative estimate of drug-likeness (QED) is 0.466. The first-order chi connectivity index (χ1) is 16.8. The molecule has 0 heterocycles. The van der Waals surface area contributed by atoms with Crippen LogP contribution in [-0.4, -0.2) is 53.2 Å². The Bertz CT molecular complexity index is 1060. The Morgan fingerprint density at radius 1 is 1.09 bits per heavy atom. The first-order valence-corrected chi connectivity index (χ1v) is 11.8. The maximum absolute atomic E-state index is 13.2. The number of hydrogen-bond acceptors (Lipinski definition) is 5. The lowest BCUT2D eigenvalue weighted by molar-refractivity contribution is -0.140. The maximum Gasteiger partial charge on any atom is 0.407 e. The summed E-state index contributed by atoms with van der Waals surface area (Å²) in [6.07, 6.45) is 0.00484. The summed E-state index contributed by atoms with van der Waals surface area (Å²) in [7, 11) is 0. The number of nitrogens with zero attached hydrogens (tertiary/aromatic N) is 2. The summed E-state index contributed by atoms with van der Waals surface area (Å²) in [4.78, 5) is 38.4. The van der Waals surface area contributed by atoms with Crippen LogP contribution in [0.5, 0.6) is 0 Å². The van der Waals surface area contributed by atoms with Crippen LogP contribution >= 0.6 is 0 Å². The van der Waals surface area contributed by atoms with Gasteiger partial charge in [-0.2, -0.15) is 5.26 Å². The lowest BCUT2D eigenvalue weighted by atomic mass is 9.98. The molecule has 2 aromatic carbocycles. The third-order valence-corrected chi connectivity index (χ3v) is 6.19. The SMILES string of the molecule is CC(C)N(CCC(=O)O)C(=O)C(CCCC#N)NC(=O)OCC1c2ccccc2-c2ccccc21. The minimum atomic E-state index is -1.01. The highest BCUT2D eigenvalue weighted by molar-refractivity contribution is 5.86. The van der Waals surface area contributed by atoms with Gasteiger partial charge in [0.25, 0.3) is 0 Å². The topological polar surface area (TPSA) is 120 Å². The van der Waals surface area contributed by atoms with Crippen molar-refractivity contribution < 1.29 is 24.2 Å².